The molecule has 1 aromatic heterocycles. The predicted octanol–water partition coefficient (Wildman–Crippen LogP) is 3.77. The molecule has 18 heavy (non-hydrogen) atoms. The number of aromatic nitrogens is 1. The van der Waals surface area contributed by atoms with Gasteiger partial charge in [-0.05, 0) is 29.1 Å². The van der Waals surface area contributed by atoms with E-state index in [1.165, 1.54) is 22.2 Å². The Morgan fingerprint density at radius 2 is 1.78 bits per heavy atom. The van der Waals surface area contributed by atoms with Crippen molar-refractivity contribution in [3.05, 3.63) is 65.9 Å². The molecule has 1 heterocycles. The summed E-state index contributed by atoms with van der Waals surface area (Å²) in [7, 11) is 1.71. The molecular weight excluding hydrogens is 222 g/mol. The molecule has 3 aromatic rings. The molecule has 1 N–H and O–H groups in total. The van der Waals surface area contributed by atoms with Crippen molar-refractivity contribution in [2.45, 2.75) is 6.42 Å². The minimum absolute atomic E-state index is 0.860. The molecule has 90 valence electrons. The van der Waals surface area contributed by atoms with Gasteiger partial charge in [0.1, 0.15) is 5.75 Å². The van der Waals surface area contributed by atoms with Gasteiger partial charge >= 0.3 is 0 Å². The normalized spacial score (nSPS) is 10.7. The average Bonchev–Trinajstić information content (AvgIpc) is 2.81. The number of rotatable bonds is 3. The molecule has 0 bridgehead atoms. The number of hydrogen-bond acceptors (Lipinski definition) is 1. The van der Waals surface area contributed by atoms with Crippen LogP contribution in [0.2, 0.25) is 0 Å². The van der Waals surface area contributed by atoms with Gasteiger partial charge in [-0.3, -0.25) is 0 Å². The van der Waals surface area contributed by atoms with E-state index in [9.17, 15) is 0 Å². The maximum Gasteiger partial charge on any atom is 0.122 e. The van der Waals surface area contributed by atoms with Crippen LogP contribution < -0.4 is 4.74 Å². The summed E-state index contributed by atoms with van der Waals surface area (Å²) in [6.07, 6.45) is 0.860. The van der Waals surface area contributed by atoms with E-state index in [1.807, 2.05) is 24.3 Å². The minimum Gasteiger partial charge on any atom is -0.496 e. The number of ether oxygens (including phenoxy) is 1. The molecule has 0 saturated heterocycles. The Hall–Kier alpha value is -2.22. The molecule has 0 atom stereocenters. The third kappa shape index (κ3) is 1.97. The van der Waals surface area contributed by atoms with Gasteiger partial charge in [-0.25, -0.2) is 0 Å². The number of methoxy groups -OCH3 is 1. The van der Waals surface area contributed by atoms with Crippen LogP contribution in [0.1, 0.15) is 11.3 Å². The van der Waals surface area contributed by atoms with Crippen molar-refractivity contribution in [3.8, 4) is 5.75 Å². The predicted molar refractivity (Wildman–Crippen MR) is 74.1 cm³/mol. The summed E-state index contributed by atoms with van der Waals surface area (Å²) < 4.78 is 5.38. The molecule has 0 amide bonds. The second kappa shape index (κ2) is 4.57. The van der Waals surface area contributed by atoms with Crippen LogP contribution in [-0.2, 0) is 6.42 Å². The SMILES string of the molecule is COc1ccccc1Cc1cc2ccccc2[nH]1. The minimum atomic E-state index is 0.860. The van der Waals surface area contributed by atoms with Gasteiger partial charge in [0.05, 0.1) is 7.11 Å². The molecule has 0 fully saturated rings. The zero-order valence-corrected chi connectivity index (χ0v) is 10.3. The van der Waals surface area contributed by atoms with Gasteiger partial charge in [-0.2, -0.15) is 0 Å². The second-order valence-corrected chi connectivity index (χ2v) is 4.37. The highest BCUT2D eigenvalue weighted by Gasteiger charge is 2.05. The van der Waals surface area contributed by atoms with Crippen molar-refractivity contribution < 1.29 is 4.74 Å². The number of hydrogen-bond donors (Lipinski definition) is 1. The molecule has 0 unspecified atom stereocenters. The lowest BCUT2D eigenvalue weighted by Crippen LogP contribution is -1.93. The Bertz CT molecular complexity index is 636. The van der Waals surface area contributed by atoms with Gasteiger partial charge in [-0.1, -0.05) is 36.4 Å². The van der Waals surface area contributed by atoms with Crippen LogP contribution >= 0.6 is 0 Å². The number of H-pyrrole nitrogens is 1. The van der Waals surface area contributed by atoms with Crippen LogP contribution in [0.3, 0.4) is 0 Å². The van der Waals surface area contributed by atoms with E-state index in [4.69, 9.17) is 4.74 Å². The van der Waals surface area contributed by atoms with Gasteiger partial charge < -0.3 is 9.72 Å². The summed E-state index contributed by atoms with van der Waals surface area (Å²) in [6.45, 7) is 0. The highest BCUT2D eigenvalue weighted by atomic mass is 16.5. The Balaban J connectivity index is 1.96. The summed E-state index contributed by atoms with van der Waals surface area (Å²) in [5, 5.41) is 1.25. The fourth-order valence-electron chi connectivity index (χ4n) is 2.28. The molecule has 0 aliphatic rings. The highest BCUT2D eigenvalue weighted by molar-refractivity contribution is 5.80. The Morgan fingerprint density at radius 3 is 2.61 bits per heavy atom. The number of fused-ring (bicyclic) bond motifs is 1. The quantitative estimate of drug-likeness (QED) is 0.737. The third-order valence-electron chi connectivity index (χ3n) is 3.16. The van der Waals surface area contributed by atoms with E-state index in [2.05, 4.69) is 35.3 Å². The van der Waals surface area contributed by atoms with E-state index in [0.717, 1.165) is 12.2 Å². The molecule has 2 nitrogen and oxygen atoms in total. The molecule has 0 spiro atoms. The van der Waals surface area contributed by atoms with Crippen molar-refractivity contribution >= 4 is 10.9 Å². The first-order chi connectivity index (χ1) is 8.86. The fraction of sp³-hybridized carbons (Fsp3) is 0.125. The summed E-state index contributed by atoms with van der Waals surface area (Å²) in [5.74, 6) is 0.941. The lowest BCUT2D eigenvalue weighted by atomic mass is 10.1. The number of benzene rings is 2. The van der Waals surface area contributed by atoms with E-state index in [0.29, 0.717) is 0 Å². The van der Waals surface area contributed by atoms with Crippen molar-refractivity contribution in [1.29, 1.82) is 0 Å². The van der Waals surface area contributed by atoms with E-state index < -0.39 is 0 Å². The first-order valence-electron chi connectivity index (χ1n) is 6.05. The van der Waals surface area contributed by atoms with Crippen LogP contribution in [0, 0.1) is 0 Å². The second-order valence-electron chi connectivity index (χ2n) is 4.37. The molecule has 0 aliphatic heterocycles. The van der Waals surface area contributed by atoms with Crippen LogP contribution in [0.4, 0.5) is 0 Å². The summed E-state index contributed by atoms with van der Waals surface area (Å²) >= 11 is 0. The number of aromatic amines is 1. The number of para-hydroxylation sites is 2. The maximum atomic E-state index is 5.38. The van der Waals surface area contributed by atoms with Crippen LogP contribution in [0.15, 0.2) is 54.6 Å². The molecule has 2 aromatic carbocycles. The standard InChI is InChI=1S/C16H15NO/c1-18-16-9-5-3-7-13(16)11-14-10-12-6-2-4-8-15(12)17-14/h2-10,17H,11H2,1H3. The first kappa shape index (κ1) is 10.9. The van der Waals surface area contributed by atoms with Crippen molar-refractivity contribution in [3.63, 3.8) is 0 Å². The van der Waals surface area contributed by atoms with Gasteiger partial charge in [0.2, 0.25) is 0 Å². The van der Waals surface area contributed by atoms with Gasteiger partial charge in [0.15, 0.2) is 0 Å². The van der Waals surface area contributed by atoms with Crippen molar-refractivity contribution in [1.82, 2.24) is 4.98 Å². The first-order valence-corrected chi connectivity index (χ1v) is 6.05. The van der Waals surface area contributed by atoms with Crippen molar-refractivity contribution in [2.75, 3.05) is 7.11 Å². The largest absolute Gasteiger partial charge is 0.496 e. The fourth-order valence-corrected chi connectivity index (χ4v) is 2.28. The molecule has 0 saturated carbocycles. The van der Waals surface area contributed by atoms with Crippen LogP contribution in [-0.4, -0.2) is 12.1 Å². The topological polar surface area (TPSA) is 25.0 Å². The molecule has 2 heteroatoms. The van der Waals surface area contributed by atoms with E-state index in [-0.39, 0.29) is 0 Å². The van der Waals surface area contributed by atoms with Gasteiger partial charge in [0.25, 0.3) is 0 Å². The lowest BCUT2D eigenvalue weighted by molar-refractivity contribution is 0.410. The number of nitrogens with one attached hydrogen (secondary N) is 1. The molecular formula is C16H15NO. The van der Waals surface area contributed by atoms with Crippen molar-refractivity contribution in [2.24, 2.45) is 0 Å². The third-order valence-corrected chi connectivity index (χ3v) is 3.16. The highest BCUT2D eigenvalue weighted by Crippen LogP contribution is 2.22. The maximum absolute atomic E-state index is 5.38. The van der Waals surface area contributed by atoms with E-state index >= 15 is 0 Å². The Morgan fingerprint density at radius 1 is 1.00 bits per heavy atom. The lowest BCUT2D eigenvalue weighted by Gasteiger charge is -2.06. The molecule has 0 radical (unpaired) electrons. The van der Waals surface area contributed by atoms with Crippen LogP contribution in [0.25, 0.3) is 10.9 Å². The zero-order chi connectivity index (χ0) is 12.4. The van der Waals surface area contributed by atoms with Crippen LogP contribution in [0.5, 0.6) is 5.75 Å². The van der Waals surface area contributed by atoms with E-state index in [1.54, 1.807) is 7.11 Å². The molecule has 0 aliphatic carbocycles. The van der Waals surface area contributed by atoms with Gasteiger partial charge in [-0.15, -0.1) is 0 Å². The Kier molecular flexibility index (Phi) is 2.77. The molecule has 3 rings (SSSR count). The zero-order valence-electron chi connectivity index (χ0n) is 10.3. The summed E-state index contributed by atoms with van der Waals surface area (Å²) in [4.78, 5) is 3.44. The summed E-state index contributed by atoms with van der Waals surface area (Å²) in [6, 6.07) is 18.7. The average molecular weight is 237 g/mol. The summed E-state index contributed by atoms with van der Waals surface area (Å²) in [5.41, 5.74) is 3.59. The Labute approximate surface area is 106 Å². The smallest absolute Gasteiger partial charge is 0.122 e. The monoisotopic (exact) mass is 237 g/mol. The van der Waals surface area contributed by atoms with Gasteiger partial charge in [0, 0.05) is 17.6 Å².